The molecule has 0 bridgehead atoms. The topological polar surface area (TPSA) is 70.8 Å². The van der Waals surface area contributed by atoms with E-state index in [4.69, 9.17) is 19.9 Å². The molecule has 0 fully saturated rings. The highest BCUT2D eigenvalue weighted by Crippen LogP contribution is 2.29. The molecule has 0 aliphatic carbocycles. The van der Waals surface area contributed by atoms with Crippen molar-refractivity contribution in [2.45, 2.75) is 19.4 Å². The van der Waals surface area contributed by atoms with E-state index in [1.165, 1.54) is 0 Å². The van der Waals surface area contributed by atoms with Gasteiger partial charge in [0.2, 0.25) is 0 Å². The molecule has 0 saturated carbocycles. The highest BCUT2D eigenvalue weighted by Gasteiger charge is 2.17. The monoisotopic (exact) mass is 253 g/mol. The Bertz CT molecular complexity index is 406. The zero-order chi connectivity index (χ0) is 13.5. The fourth-order valence-corrected chi connectivity index (χ4v) is 1.63. The summed E-state index contributed by atoms with van der Waals surface area (Å²) in [6.45, 7) is 2.11. The second kappa shape index (κ2) is 6.86. The fourth-order valence-electron chi connectivity index (χ4n) is 1.63. The molecule has 18 heavy (non-hydrogen) atoms. The Morgan fingerprint density at radius 3 is 2.61 bits per heavy atom. The number of ether oxygens (including phenoxy) is 3. The van der Waals surface area contributed by atoms with Gasteiger partial charge >= 0.3 is 5.97 Å². The van der Waals surface area contributed by atoms with E-state index in [1.54, 1.807) is 39.3 Å². The van der Waals surface area contributed by atoms with Gasteiger partial charge in [-0.2, -0.15) is 0 Å². The van der Waals surface area contributed by atoms with Crippen LogP contribution in [0.3, 0.4) is 0 Å². The third-order valence-electron chi connectivity index (χ3n) is 2.53. The molecule has 0 radical (unpaired) electrons. The third-order valence-corrected chi connectivity index (χ3v) is 2.53. The Labute approximate surface area is 107 Å². The van der Waals surface area contributed by atoms with Crippen LogP contribution in [-0.4, -0.2) is 26.8 Å². The number of carbonyl (C=O) groups excluding carboxylic acids is 1. The van der Waals surface area contributed by atoms with E-state index in [9.17, 15) is 4.79 Å². The van der Waals surface area contributed by atoms with Crippen LogP contribution in [0.2, 0.25) is 0 Å². The first kappa shape index (κ1) is 14.3. The molecule has 0 aliphatic heterocycles. The van der Waals surface area contributed by atoms with Gasteiger partial charge in [-0.15, -0.1) is 0 Å². The summed E-state index contributed by atoms with van der Waals surface area (Å²) in [6, 6.07) is 4.86. The second-order valence-corrected chi connectivity index (χ2v) is 3.72. The third kappa shape index (κ3) is 3.63. The maximum absolute atomic E-state index is 11.4. The van der Waals surface area contributed by atoms with Gasteiger partial charge in [-0.25, -0.2) is 0 Å². The first-order valence-corrected chi connectivity index (χ1v) is 5.75. The number of esters is 1. The van der Waals surface area contributed by atoms with Crippen LogP contribution in [0.15, 0.2) is 18.2 Å². The highest BCUT2D eigenvalue weighted by molar-refractivity contribution is 5.70. The van der Waals surface area contributed by atoms with Crippen molar-refractivity contribution in [1.29, 1.82) is 0 Å². The molecule has 5 heteroatoms. The number of benzene rings is 1. The first-order valence-electron chi connectivity index (χ1n) is 5.75. The number of hydrogen-bond donors (Lipinski definition) is 1. The molecule has 1 aromatic rings. The molecule has 5 nitrogen and oxygen atoms in total. The molecule has 0 spiro atoms. The summed E-state index contributed by atoms with van der Waals surface area (Å²) in [6.07, 6.45) is 0.122. The molecule has 0 saturated heterocycles. The van der Waals surface area contributed by atoms with Crippen molar-refractivity contribution in [2.24, 2.45) is 5.73 Å². The number of nitrogens with two attached hydrogens (primary N) is 1. The summed E-state index contributed by atoms with van der Waals surface area (Å²) < 4.78 is 15.2. The van der Waals surface area contributed by atoms with Gasteiger partial charge in [0.05, 0.1) is 27.2 Å². The Balaban J connectivity index is 2.84. The van der Waals surface area contributed by atoms with Gasteiger partial charge < -0.3 is 19.9 Å². The lowest BCUT2D eigenvalue weighted by molar-refractivity contribution is -0.143. The normalized spacial score (nSPS) is 11.8. The van der Waals surface area contributed by atoms with Crippen LogP contribution >= 0.6 is 0 Å². The summed E-state index contributed by atoms with van der Waals surface area (Å²) in [4.78, 5) is 11.4. The van der Waals surface area contributed by atoms with Crippen LogP contribution in [-0.2, 0) is 9.53 Å². The van der Waals surface area contributed by atoms with Gasteiger partial charge in [0.15, 0.2) is 0 Å². The molecule has 1 atom stereocenters. The number of hydrogen-bond acceptors (Lipinski definition) is 5. The molecule has 0 unspecified atom stereocenters. The number of carbonyl (C=O) groups is 1. The van der Waals surface area contributed by atoms with Crippen molar-refractivity contribution in [3.63, 3.8) is 0 Å². The molecule has 0 aliphatic rings. The summed E-state index contributed by atoms with van der Waals surface area (Å²) in [5.41, 5.74) is 6.73. The Morgan fingerprint density at radius 2 is 2.06 bits per heavy atom. The average molecular weight is 253 g/mol. The quantitative estimate of drug-likeness (QED) is 0.781. The van der Waals surface area contributed by atoms with E-state index in [0.29, 0.717) is 18.1 Å². The van der Waals surface area contributed by atoms with Crippen molar-refractivity contribution < 1.29 is 19.0 Å². The van der Waals surface area contributed by atoms with E-state index in [0.717, 1.165) is 5.56 Å². The van der Waals surface area contributed by atoms with Crippen LogP contribution < -0.4 is 15.2 Å². The zero-order valence-corrected chi connectivity index (χ0v) is 10.9. The SMILES string of the molecule is CCOC(=O)C[C@@H](N)c1ccc(OC)cc1OC. The number of methoxy groups -OCH3 is 2. The first-order chi connectivity index (χ1) is 8.62. The van der Waals surface area contributed by atoms with Gasteiger partial charge in [0, 0.05) is 17.7 Å². The summed E-state index contributed by atoms with van der Waals surface area (Å²) >= 11 is 0. The van der Waals surface area contributed by atoms with Gasteiger partial charge in [0.1, 0.15) is 11.5 Å². The van der Waals surface area contributed by atoms with Crippen molar-refractivity contribution >= 4 is 5.97 Å². The standard InChI is InChI=1S/C13H19NO4/c1-4-18-13(15)8-11(14)10-6-5-9(16-2)7-12(10)17-3/h5-7,11H,4,8,14H2,1-3H3/t11-/m1/s1. The molecular weight excluding hydrogens is 234 g/mol. The van der Waals surface area contributed by atoms with Crippen molar-refractivity contribution in [1.82, 2.24) is 0 Å². The van der Waals surface area contributed by atoms with Crippen molar-refractivity contribution in [2.75, 3.05) is 20.8 Å². The molecule has 100 valence electrons. The van der Waals surface area contributed by atoms with Gasteiger partial charge in [0.25, 0.3) is 0 Å². The van der Waals surface area contributed by atoms with E-state index >= 15 is 0 Å². The lowest BCUT2D eigenvalue weighted by Gasteiger charge is -2.15. The molecule has 1 aromatic carbocycles. The molecule has 0 amide bonds. The summed E-state index contributed by atoms with van der Waals surface area (Å²) in [5, 5.41) is 0. The fraction of sp³-hybridized carbons (Fsp3) is 0.462. The van der Waals surface area contributed by atoms with Crippen LogP contribution in [0, 0.1) is 0 Å². The maximum Gasteiger partial charge on any atom is 0.307 e. The van der Waals surface area contributed by atoms with E-state index in [-0.39, 0.29) is 12.4 Å². The van der Waals surface area contributed by atoms with E-state index in [2.05, 4.69) is 0 Å². The lowest BCUT2D eigenvalue weighted by atomic mass is 10.0. The van der Waals surface area contributed by atoms with Crippen LogP contribution in [0.1, 0.15) is 24.9 Å². The highest BCUT2D eigenvalue weighted by atomic mass is 16.5. The van der Waals surface area contributed by atoms with Gasteiger partial charge in [-0.3, -0.25) is 4.79 Å². The predicted molar refractivity (Wildman–Crippen MR) is 67.7 cm³/mol. The molecule has 0 heterocycles. The summed E-state index contributed by atoms with van der Waals surface area (Å²) in [7, 11) is 3.13. The second-order valence-electron chi connectivity index (χ2n) is 3.72. The van der Waals surface area contributed by atoms with Crippen molar-refractivity contribution in [3.05, 3.63) is 23.8 Å². The van der Waals surface area contributed by atoms with Crippen molar-refractivity contribution in [3.8, 4) is 11.5 Å². The van der Waals surface area contributed by atoms with E-state index in [1.807, 2.05) is 0 Å². The predicted octanol–water partition coefficient (Wildman–Crippen LogP) is 1.66. The minimum Gasteiger partial charge on any atom is -0.497 e. The smallest absolute Gasteiger partial charge is 0.307 e. The lowest BCUT2D eigenvalue weighted by Crippen LogP contribution is -2.18. The maximum atomic E-state index is 11.4. The summed E-state index contributed by atoms with van der Waals surface area (Å²) in [5.74, 6) is 0.966. The van der Waals surface area contributed by atoms with E-state index < -0.39 is 6.04 Å². The Morgan fingerprint density at radius 1 is 1.33 bits per heavy atom. The Kier molecular flexibility index (Phi) is 5.45. The average Bonchev–Trinajstić information content (AvgIpc) is 2.38. The van der Waals surface area contributed by atoms with Crippen LogP contribution in [0.5, 0.6) is 11.5 Å². The van der Waals surface area contributed by atoms with Gasteiger partial charge in [-0.05, 0) is 13.0 Å². The number of rotatable bonds is 6. The largest absolute Gasteiger partial charge is 0.497 e. The van der Waals surface area contributed by atoms with Gasteiger partial charge in [-0.1, -0.05) is 6.07 Å². The Hall–Kier alpha value is -1.75. The van der Waals surface area contributed by atoms with Crippen LogP contribution in [0.4, 0.5) is 0 Å². The minimum atomic E-state index is -0.454. The minimum absolute atomic E-state index is 0.122. The van der Waals surface area contributed by atoms with Crippen LogP contribution in [0.25, 0.3) is 0 Å². The molecule has 0 aromatic heterocycles. The zero-order valence-electron chi connectivity index (χ0n) is 10.9. The molecule has 2 N–H and O–H groups in total. The molecule has 1 rings (SSSR count). The molecular formula is C13H19NO4.